The van der Waals surface area contributed by atoms with Crippen molar-refractivity contribution in [2.75, 3.05) is 0 Å². The van der Waals surface area contributed by atoms with Crippen LogP contribution >= 0.6 is 0 Å². The molecule has 44 valence electrons. The summed E-state index contributed by atoms with van der Waals surface area (Å²) in [5.74, 6) is 0. The number of rotatable bonds is 0. The summed E-state index contributed by atoms with van der Waals surface area (Å²) in [5.41, 5.74) is 0. The Bertz CT molecular complexity index is 71.0. The topological polar surface area (TPSA) is 54.4 Å². The third-order valence-corrected chi connectivity index (χ3v) is 0. The fourth-order valence-electron chi connectivity index (χ4n) is 0. The first kappa shape index (κ1) is 10.6. The van der Waals surface area contributed by atoms with E-state index in [0.29, 0.717) is 0 Å². The molecule has 0 saturated carbocycles. The summed E-state index contributed by atoms with van der Waals surface area (Å²) in [7, 11) is -2.86. The summed E-state index contributed by atoms with van der Waals surface area (Å²) in [6.07, 6.45) is 0. The molecule has 7 heavy (non-hydrogen) atoms. The average molecular weight is 231 g/mol. The second-order valence-electron chi connectivity index (χ2n) is 0.794. The van der Waals surface area contributed by atoms with E-state index in [2.05, 4.69) is 9.88 Å². The molecule has 0 saturated heterocycles. The van der Waals surface area contributed by atoms with E-state index in [4.69, 9.17) is 13.0 Å². The van der Waals surface area contributed by atoms with E-state index >= 15 is 0 Å². The molecule has 0 rings (SSSR count). The minimum absolute atomic E-state index is 0.110. The zero-order valence-corrected chi connectivity index (χ0v) is 8.36. The van der Waals surface area contributed by atoms with Gasteiger partial charge in [0.15, 0.2) is 0 Å². The molecule has 0 aliphatic rings. The Kier molecular flexibility index (Phi) is 15.0. The maximum atomic E-state index is 8.56. The van der Waals surface area contributed by atoms with Crippen molar-refractivity contribution in [3.63, 3.8) is 0 Å². The molecule has 0 aromatic heterocycles. The molecule has 0 amide bonds. The molecule has 0 radical (unpaired) electrons. The quantitative estimate of drug-likeness (QED) is 0.282. The van der Waals surface area contributed by atoms with E-state index in [-0.39, 0.29) is 21.1 Å². The van der Waals surface area contributed by atoms with E-state index in [1.54, 1.807) is 0 Å². The molecule has 0 aromatic carbocycles. The van der Waals surface area contributed by atoms with Crippen molar-refractivity contribution in [1.82, 2.24) is 0 Å². The Morgan fingerprint density at radius 1 is 1.43 bits per heavy atom. The van der Waals surface area contributed by atoms with Crippen LogP contribution in [0, 0.1) is 0 Å². The summed E-state index contributed by atoms with van der Waals surface area (Å²) < 4.78 is 24.1. The number of hydrogen-bond acceptors (Lipinski definition) is 3. The zero-order chi connectivity index (χ0) is 6.28. The van der Waals surface area contributed by atoms with E-state index in [0.717, 1.165) is 0 Å². The molecule has 0 spiro atoms. The van der Waals surface area contributed by atoms with Crippen molar-refractivity contribution < 1.29 is 13.0 Å². The van der Waals surface area contributed by atoms with Gasteiger partial charge < -0.3 is 13.0 Å². The van der Waals surface area contributed by atoms with Gasteiger partial charge in [-0.05, 0) is 0 Å². The summed E-state index contributed by atoms with van der Waals surface area (Å²) in [6, 6.07) is 0. The van der Waals surface area contributed by atoms with Crippen LogP contribution in [-0.4, -0.2) is 25.7 Å². The fraction of sp³-hybridized carbons (Fsp3) is 1.00. The Hall–Kier alpha value is 0.709. The van der Waals surface area contributed by atoms with E-state index in [1.807, 2.05) is 0 Å². The fourth-order valence-corrected chi connectivity index (χ4v) is 0. The first-order chi connectivity index (χ1) is 3.15. The van der Waals surface area contributed by atoms with Gasteiger partial charge in [0.2, 0.25) is 0 Å². The van der Waals surface area contributed by atoms with Crippen LogP contribution in [0.15, 0.2) is 0 Å². The summed E-state index contributed by atoms with van der Waals surface area (Å²) in [4.78, 5) is 4.63. The van der Waals surface area contributed by atoms with Gasteiger partial charge in [0.25, 0.3) is 0 Å². The van der Waals surface area contributed by atoms with Gasteiger partial charge in [0, 0.05) is 11.0 Å². The van der Waals surface area contributed by atoms with Crippen molar-refractivity contribution in [3.05, 3.63) is 0 Å². The molecular weight excluding hydrogens is 223 g/mol. The van der Waals surface area contributed by atoms with Crippen LogP contribution in [0.4, 0.5) is 0 Å². The van der Waals surface area contributed by atoms with Crippen LogP contribution < -0.4 is 0 Å². The molecular formula is C2H8O3SSn. The van der Waals surface area contributed by atoms with Gasteiger partial charge in [-0.2, -0.15) is 0 Å². The molecule has 0 aromatic rings. The second kappa shape index (κ2) is 9.86. The van der Waals surface area contributed by atoms with Crippen LogP contribution in [0.5, 0.6) is 0 Å². The molecule has 0 aliphatic carbocycles. The molecule has 5 heteroatoms. The van der Waals surface area contributed by atoms with Crippen LogP contribution in [-0.2, 0) is 19.4 Å². The Morgan fingerprint density at radius 3 is 1.43 bits per heavy atom. The first-order valence-electron chi connectivity index (χ1n) is 1.67. The van der Waals surface area contributed by atoms with Gasteiger partial charge in [-0.25, -0.2) is 0 Å². The van der Waals surface area contributed by atoms with E-state index < -0.39 is 11.0 Å². The van der Waals surface area contributed by atoms with Crippen LogP contribution in [0.1, 0.15) is 0 Å². The summed E-state index contributed by atoms with van der Waals surface area (Å²) in [5, 5.41) is 0. The Balaban J connectivity index is 0. The zero-order valence-electron chi connectivity index (χ0n) is 4.25. The predicted octanol–water partition coefficient (Wildman–Crippen LogP) is 0.288. The van der Waals surface area contributed by atoms with Crippen LogP contribution in [0.25, 0.3) is 0 Å². The van der Waals surface area contributed by atoms with Gasteiger partial charge in [0.05, 0.1) is 0 Å². The summed E-state index contributed by atoms with van der Waals surface area (Å²) >= 11 is 0.110. The van der Waals surface area contributed by atoms with E-state index in [9.17, 15) is 0 Å². The van der Waals surface area contributed by atoms with Gasteiger partial charge >= 0.3 is 31.0 Å². The maximum absolute atomic E-state index is 8.56. The first-order valence-corrected chi connectivity index (χ1v) is 9.29. The van der Waals surface area contributed by atoms with Crippen molar-refractivity contribution >= 4 is 32.1 Å². The van der Waals surface area contributed by atoms with E-state index in [1.165, 1.54) is 0 Å². The van der Waals surface area contributed by atoms with Crippen molar-refractivity contribution in [3.8, 4) is 0 Å². The van der Waals surface area contributed by atoms with Crippen LogP contribution in [0.2, 0.25) is 9.88 Å². The van der Waals surface area contributed by atoms with Crippen molar-refractivity contribution in [1.29, 1.82) is 0 Å². The molecule has 0 atom stereocenters. The Morgan fingerprint density at radius 2 is 1.43 bits per heavy atom. The second-order valence-corrected chi connectivity index (χ2v) is 4.52. The molecule has 0 heterocycles. The third-order valence-electron chi connectivity index (χ3n) is 0. The molecule has 0 unspecified atom stereocenters. The summed E-state index contributed by atoms with van der Waals surface area (Å²) in [6.45, 7) is 0. The minimum atomic E-state index is -2.86. The normalized spacial score (nSPS) is 6.86. The van der Waals surface area contributed by atoms with Crippen LogP contribution in [0.3, 0.4) is 0 Å². The van der Waals surface area contributed by atoms with Gasteiger partial charge in [-0.1, -0.05) is 0 Å². The average Bonchev–Trinajstić information content (AvgIpc) is 1.33. The molecule has 0 bridgehead atoms. The SMILES string of the molecule is O=[S-](=O)O.[CH3][SnH+][CH3]. The Labute approximate surface area is 55.1 Å². The number of hydrogen-bond donors (Lipinski definition) is 1. The van der Waals surface area contributed by atoms with Crippen molar-refractivity contribution in [2.45, 2.75) is 9.88 Å². The predicted molar refractivity (Wildman–Crippen MR) is 30.2 cm³/mol. The monoisotopic (exact) mass is 232 g/mol. The molecule has 3 nitrogen and oxygen atoms in total. The van der Waals surface area contributed by atoms with Crippen molar-refractivity contribution in [2.24, 2.45) is 0 Å². The molecule has 0 aliphatic heterocycles. The van der Waals surface area contributed by atoms with Gasteiger partial charge in [-0.15, -0.1) is 0 Å². The third kappa shape index (κ3) is 296. The molecule has 0 fully saturated rings. The standard InChI is InChI=1S/2CH3.HO3S.Sn.H/c;;1-4(2)3;;/h2*1H3;(H,1,2,3);;/q;;-1;+1;. The van der Waals surface area contributed by atoms with Gasteiger partial charge in [-0.3, -0.25) is 0 Å². The van der Waals surface area contributed by atoms with Gasteiger partial charge in [0.1, 0.15) is 0 Å². The molecule has 1 N–H and O–H groups in total.